The Morgan fingerprint density at radius 2 is 2.00 bits per heavy atom. The molecule has 1 unspecified atom stereocenters. The summed E-state index contributed by atoms with van der Waals surface area (Å²) < 4.78 is 0. The zero-order valence-corrected chi connectivity index (χ0v) is 7.75. The third-order valence-corrected chi connectivity index (χ3v) is 2.90. The van der Waals surface area contributed by atoms with Gasteiger partial charge in [-0.3, -0.25) is 0 Å². The highest BCUT2D eigenvalue weighted by Gasteiger charge is 2.02. The number of allylic oxidation sites excluding steroid dienone is 1. The van der Waals surface area contributed by atoms with E-state index in [4.69, 9.17) is 0 Å². The summed E-state index contributed by atoms with van der Waals surface area (Å²) in [6.45, 7) is 6.02. The van der Waals surface area contributed by atoms with Crippen molar-refractivity contribution in [2.24, 2.45) is 0 Å². The monoisotopic (exact) mass is 160 g/mol. The first-order valence-corrected chi connectivity index (χ1v) is 5.31. The van der Waals surface area contributed by atoms with Crippen molar-refractivity contribution in [1.82, 2.24) is 0 Å². The second kappa shape index (κ2) is 4.14. The van der Waals surface area contributed by atoms with Crippen molar-refractivity contribution in [3.63, 3.8) is 0 Å². The summed E-state index contributed by atoms with van der Waals surface area (Å²) in [5.41, 5.74) is 1.93. The van der Waals surface area contributed by atoms with Crippen LogP contribution in [0.15, 0.2) is 43.0 Å². The van der Waals surface area contributed by atoms with Gasteiger partial charge in [-0.2, -0.15) is 0 Å². The molecular formula is C10H12Si. The van der Waals surface area contributed by atoms with Crippen LogP contribution in [0.5, 0.6) is 0 Å². The lowest BCUT2D eigenvalue weighted by Crippen LogP contribution is -2.00. The van der Waals surface area contributed by atoms with E-state index < -0.39 is 0 Å². The molecular weight excluding hydrogens is 148 g/mol. The van der Waals surface area contributed by atoms with Crippen LogP contribution in [0.1, 0.15) is 11.1 Å². The van der Waals surface area contributed by atoms with Crippen molar-refractivity contribution < 1.29 is 0 Å². The topological polar surface area (TPSA) is 0 Å². The lowest BCUT2D eigenvalue weighted by Gasteiger charge is -2.07. The van der Waals surface area contributed by atoms with Gasteiger partial charge in [0.2, 0.25) is 0 Å². The minimum absolute atomic E-state index is 0.552. The SMILES string of the molecule is C=CC([Si]C)c1ccccc1. The van der Waals surface area contributed by atoms with Crippen LogP contribution in [0.25, 0.3) is 0 Å². The summed E-state index contributed by atoms with van der Waals surface area (Å²) in [6, 6.07) is 10.5. The maximum Gasteiger partial charge on any atom is 0.0491 e. The zero-order chi connectivity index (χ0) is 8.10. The molecule has 0 aliphatic heterocycles. The van der Waals surface area contributed by atoms with E-state index in [0.29, 0.717) is 5.54 Å². The number of hydrogen-bond donors (Lipinski definition) is 0. The summed E-state index contributed by atoms with van der Waals surface area (Å²) in [6.07, 6.45) is 2.02. The highest BCUT2D eigenvalue weighted by atomic mass is 28.2. The van der Waals surface area contributed by atoms with Crippen LogP contribution < -0.4 is 0 Å². The van der Waals surface area contributed by atoms with Crippen LogP contribution in [-0.4, -0.2) is 9.52 Å². The van der Waals surface area contributed by atoms with Gasteiger partial charge in [0.25, 0.3) is 0 Å². The van der Waals surface area contributed by atoms with Gasteiger partial charge in [-0.1, -0.05) is 43.0 Å². The van der Waals surface area contributed by atoms with E-state index in [1.54, 1.807) is 0 Å². The summed E-state index contributed by atoms with van der Waals surface area (Å²) in [5, 5.41) is 0. The zero-order valence-electron chi connectivity index (χ0n) is 6.75. The number of hydrogen-bond acceptors (Lipinski definition) is 0. The fourth-order valence-electron chi connectivity index (χ4n) is 1.08. The minimum atomic E-state index is 0.552. The predicted octanol–water partition coefficient (Wildman–Crippen LogP) is 2.67. The first-order chi connectivity index (χ1) is 5.38. The molecule has 1 aromatic rings. The summed E-state index contributed by atoms with van der Waals surface area (Å²) in [5.74, 6) is 0. The third-order valence-electron chi connectivity index (χ3n) is 1.71. The molecule has 1 aromatic carbocycles. The normalized spacial score (nSPS) is 12.5. The lowest BCUT2D eigenvalue weighted by molar-refractivity contribution is 1.20. The van der Waals surface area contributed by atoms with Crippen molar-refractivity contribution >= 4 is 9.52 Å². The molecule has 0 spiro atoms. The number of rotatable bonds is 3. The molecule has 0 N–H and O–H groups in total. The van der Waals surface area contributed by atoms with Gasteiger partial charge >= 0.3 is 0 Å². The summed E-state index contributed by atoms with van der Waals surface area (Å²) in [7, 11) is 0.908. The Morgan fingerprint density at radius 1 is 1.36 bits per heavy atom. The van der Waals surface area contributed by atoms with Crippen LogP contribution in [0, 0.1) is 0 Å². The summed E-state index contributed by atoms with van der Waals surface area (Å²) >= 11 is 0. The Kier molecular flexibility index (Phi) is 3.11. The van der Waals surface area contributed by atoms with Crippen LogP contribution in [0.3, 0.4) is 0 Å². The first kappa shape index (κ1) is 8.28. The van der Waals surface area contributed by atoms with Crippen molar-refractivity contribution in [3.05, 3.63) is 48.6 Å². The maximum absolute atomic E-state index is 3.82. The fourth-order valence-corrected chi connectivity index (χ4v) is 1.84. The van der Waals surface area contributed by atoms with E-state index in [9.17, 15) is 0 Å². The van der Waals surface area contributed by atoms with Gasteiger partial charge < -0.3 is 0 Å². The molecule has 0 aromatic heterocycles. The van der Waals surface area contributed by atoms with Gasteiger partial charge in [0, 0.05) is 9.52 Å². The van der Waals surface area contributed by atoms with Crippen LogP contribution >= 0.6 is 0 Å². The Bertz CT molecular complexity index is 216. The quantitative estimate of drug-likeness (QED) is 0.471. The van der Waals surface area contributed by atoms with E-state index in [2.05, 4.69) is 37.4 Å². The lowest BCUT2D eigenvalue weighted by atomic mass is 10.1. The molecule has 1 atom stereocenters. The van der Waals surface area contributed by atoms with Crippen molar-refractivity contribution in [3.8, 4) is 0 Å². The average Bonchev–Trinajstić information content (AvgIpc) is 2.09. The van der Waals surface area contributed by atoms with E-state index in [-0.39, 0.29) is 0 Å². The molecule has 0 aliphatic rings. The van der Waals surface area contributed by atoms with E-state index >= 15 is 0 Å². The fraction of sp³-hybridized carbons (Fsp3) is 0.200. The van der Waals surface area contributed by atoms with Gasteiger partial charge in [0.15, 0.2) is 0 Å². The second-order valence-electron chi connectivity index (χ2n) is 2.41. The molecule has 2 radical (unpaired) electrons. The Morgan fingerprint density at radius 3 is 2.45 bits per heavy atom. The Hall–Kier alpha value is -0.823. The highest BCUT2D eigenvalue weighted by Crippen LogP contribution is 2.14. The maximum atomic E-state index is 3.82. The van der Waals surface area contributed by atoms with E-state index in [0.717, 1.165) is 9.52 Å². The Labute approximate surface area is 70.8 Å². The molecule has 0 heterocycles. The molecule has 11 heavy (non-hydrogen) atoms. The van der Waals surface area contributed by atoms with Crippen molar-refractivity contribution in [1.29, 1.82) is 0 Å². The third kappa shape index (κ3) is 2.05. The smallest absolute Gasteiger partial charge is 0.0491 e. The molecule has 56 valence electrons. The van der Waals surface area contributed by atoms with E-state index in [1.807, 2.05) is 12.1 Å². The molecule has 0 aliphatic carbocycles. The average molecular weight is 160 g/mol. The van der Waals surface area contributed by atoms with Gasteiger partial charge in [-0.25, -0.2) is 0 Å². The van der Waals surface area contributed by atoms with Crippen LogP contribution in [0.2, 0.25) is 6.55 Å². The van der Waals surface area contributed by atoms with Crippen molar-refractivity contribution in [2.45, 2.75) is 12.1 Å². The molecule has 0 bridgehead atoms. The first-order valence-electron chi connectivity index (χ1n) is 3.73. The second-order valence-corrected chi connectivity index (χ2v) is 3.61. The molecule has 0 fully saturated rings. The Balaban J connectivity index is 2.82. The molecule has 0 amide bonds. The van der Waals surface area contributed by atoms with Gasteiger partial charge in [0.05, 0.1) is 0 Å². The molecule has 1 rings (SSSR count). The van der Waals surface area contributed by atoms with Gasteiger partial charge in [-0.05, 0) is 11.1 Å². The largest absolute Gasteiger partial charge is 0.103 e. The van der Waals surface area contributed by atoms with Crippen molar-refractivity contribution in [2.75, 3.05) is 0 Å². The standard InChI is InChI=1S/C10H12Si/c1-3-10(11-2)9-7-5-4-6-8-9/h3-8,10H,1H2,2H3. The molecule has 0 nitrogen and oxygen atoms in total. The van der Waals surface area contributed by atoms with Gasteiger partial charge in [-0.15, -0.1) is 6.58 Å². The van der Waals surface area contributed by atoms with Crippen LogP contribution in [0.4, 0.5) is 0 Å². The molecule has 1 heteroatoms. The predicted molar refractivity (Wildman–Crippen MR) is 51.0 cm³/mol. The molecule has 0 saturated heterocycles. The van der Waals surface area contributed by atoms with Gasteiger partial charge in [0.1, 0.15) is 0 Å². The summed E-state index contributed by atoms with van der Waals surface area (Å²) in [4.78, 5) is 0. The van der Waals surface area contributed by atoms with E-state index in [1.165, 1.54) is 5.56 Å². The molecule has 0 saturated carbocycles. The van der Waals surface area contributed by atoms with Crippen LogP contribution in [-0.2, 0) is 0 Å². The number of benzene rings is 1. The highest BCUT2D eigenvalue weighted by molar-refractivity contribution is 6.36. The minimum Gasteiger partial charge on any atom is -0.103 e.